The van der Waals surface area contributed by atoms with Crippen LogP contribution < -0.4 is 5.32 Å². The van der Waals surface area contributed by atoms with Gasteiger partial charge >= 0.3 is 5.51 Å². The van der Waals surface area contributed by atoms with Gasteiger partial charge in [-0.1, -0.05) is 25.0 Å². The van der Waals surface area contributed by atoms with Crippen LogP contribution in [0.15, 0.2) is 29.2 Å². The standard InChI is InChI=1S/C15H20F3NS2/c1-20-14(8-2-3-9-14)11-19-10-12-4-6-13(7-5-12)21-15(16,17)18/h4-7,19H,2-3,8-11H2,1H3. The minimum Gasteiger partial charge on any atom is -0.311 e. The van der Waals surface area contributed by atoms with Crippen molar-refractivity contribution in [1.29, 1.82) is 0 Å². The second kappa shape index (κ2) is 7.29. The molecule has 1 fully saturated rings. The molecule has 0 heterocycles. The summed E-state index contributed by atoms with van der Waals surface area (Å²) in [6, 6.07) is 6.60. The second-order valence-electron chi connectivity index (χ2n) is 5.39. The average Bonchev–Trinajstić information content (AvgIpc) is 2.89. The number of benzene rings is 1. The lowest BCUT2D eigenvalue weighted by atomic mass is 10.1. The number of hydrogen-bond donors (Lipinski definition) is 1. The molecule has 1 aliphatic rings. The van der Waals surface area contributed by atoms with Gasteiger partial charge in [-0.25, -0.2) is 0 Å². The molecule has 1 aromatic rings. The van der Waals surface area contributed by atoms with Crippen molar-refractivity contribution in [3.63, 3.8) is 0 Å². The van der Waals surface area contributed by atoms with Crippen molar-refractivity contribution in [2.24, 2.45) is 0 Å². The van der Waals surface area contributed by atoms with Crippen molar-refractivity contribution in [2.75, 3.05) is 12.8 Å². The van der Waals surface area contributed by atoms with Crippen LogP contribution in [-0.2, 0) is 6.54 Å². The van der Waals surface area contributed by atoms with E-state index in [1.54, 1.807) is 12.1 Å². The number of thioether (sulfide) groups is 2. The Morgan fingerprint density at radius 2 is 1.76 bits per heavy atom. The van der Waals surface area contributed by atoms with E-state index in [0.29, 0.717) is 11.3 Å². The Hall–Kier alpha value is -0.330. The van der Waals surface area contributed by atoms with E-state index < -0.39 is 5.51 Å². The van der Waals surface area contributed by atoms with Crippen LogP contribution in [0.5, 0.6) is 0 Å². The van der Waals surface area contributed by atoms with E-state index in [4.69, 9.17) is 0 Å². The Labute approximate surface area is 132 Å². The summed E-state index contributed by atoms with van der Waals surface area (Å²) in [5, 5.41) is 3.45. The third kappa shape index (κ3) is 5.42. The fraction of sp³-hybridized carbons (Fsp3) is 0.600. The molecule has 0 amide bonds. The Bertz CT molecular complexity index is 439. The molecule has 2 rings (SSSR count). The summed E-state index contributed by atoms with van der Waals surface area (Å²) in [5.74, 6) is 0. The molecule has 1 nitrogen and oxygen atoms in total. The number of alkyl halides is 3. The molecule has 1 saturated carbocycles. The average molecular weight is 335 g/mol. The highest BCUT2D eigenvalue weighted by Crippen LogP contribution is 2.39. The smallest absolute Gasteiger partial charge is 0.311 e. The largest absolute Gasteiger partial charge is 0.446 e. The zero-order chi connectivity index (χ0) is 15.3. The zero-order valence-electron chi connectivity index (χ0n) is 12.0. The molecule has 0 unspecified atom stereocenters. The lowest BCUT2D eigenvalue weighted by Crippen LogP contribution is -2.34. The molecule has 1 aromatic carbocycles. The second-order valence-corrected chi connectivity index (χ2v) is 7.80. The summed E-state index contributed by atoms with van der Waals surface area (Å²) in [7, 11) is 0. The highest BCUT2D eigenvalue weighted by atomic mass is 32.2. The lowest BCUT2D eigenvalue weighted by molar-refractivity contribution is -0.0328. The van der Waals surface area contributed by atoms with Gasteiger partial charge in [0.05, 0.1) is 0 Å². The van der Waals surface area contributed by atoms with Crippen molar-refractivity contribution in [2.45, 2.75) is 47.4 Å². The molecule has 6 heteroatoms. The predicted molar refractivity (Wildman–Crippen MR) is 84.8 cm³/mol. The molecular formula is C15H20F3NS2. The normalized spacial score (nSPS) is 18.1. The van der Waals surface area contributed by atoms with Crippen LogP contribution in [-0.4, -0.2) is 23.1 Å². The van der Waals surface area contributed by atoms with Gasteiger partial charge in [-0.05, 0) is 48.6 Å². The first-order valence-electron chi connectivity index (χ1n) is 7.03. The Balaban J connectivity index is 1.81. The van der Waals surface area contributed by atoms with Crippen molar-refractivity contribution >= 4 is 23.5 Å². The van der Waals surface area contributed by atoms with Crippen LogP contribution in [0, 0.1) is 0 Å². The minimum atomic E-state index is -4.22. The lowest BCUT2D eigenvalue weighted by Gasteiger charge is -2.27. The maximum atomic E-state index is 12.2. The summed E-state index contributed by atoms with van der Waals surface area (Å²) in [5.41, 5.74) is -3.19. The molecule has 0 aromatic heterocycles. The topological polar surface area (TPSA) is 12.0 Å². The van der Waals surface area contributed by atoms with Crippen LogP contribution in [0.4, 0.5) is 13.2 Å². The molecule has 1 N–H and O–H groups in total. The van der Waals surface area contributed by atoms with Gasteiger partial charge in [0.2, 0.25) is 0 Å². The third-order valence-corrected chi connectivity index (χ3v) is 6.04. The molecule has 118 valence electrons. The number of rotatable bonds is 6. The molecular weight excluding hydrogens is 315 g/mol. The monoisotopic (exact) mass is 335 g/mol. The highest BCUT2D eigenvalue weighted by molar-refractivity contribution is 8.00. The van der Waals surface area contributed by atoms with E-state index >= 15 is 0 Å². The van der Waals surface area contributed by atoms with Gasteiger partial charge in [0.1, 0.15) is 0 Å². The molecule has 0 spiro atoms. The summed E-state index contributed by atoms with van der Waals surface area (Å²) in [4.78, 5) is 0.239. The van der Waals surface area contributed by atoms with Crippen molar-refractivity contribution in [1.82, 2.24) is 5.32 Å². The SMILES string of the molecule is CSC1(CNCc2ccc(SC(F)(F)F)cc2)CCCC1. The molecule has 0 radical (unpaired) electrons. The van der Waals surface area contributed by atoms with Crippen LogP contribution in [0.3, 0.4) is 0 Å². The number of hydrogen-bond acceptors (Lipinski definition) is 3. The summed E-state index contributed by atoms with van der Waals surface area (Å²) in [6.07, 6.45) is 7.26. The summed E-state index contributed by atoms with van der Waals surface area (Å²) >= 11 is 1.87. The molecule has 0 saturated heterocycles. The van der Waals surface area contributed by atoms with E-state index in [1.165, 1.54) is 37.8 Å². The third-order valence-electron chi connectivity index (χ3n) is 3.88. The summed E-state index contributed by atoms with van der Waals surface area (Å²) in [6.45, 7) is 1.67. The molecule has 0 atom stereocenters. The Morgan fingerprint density at radius 1 is 1.14 bits per heavy atom. The predicted octanol–water partition coefficient (Wildman–Crippen LogP) is 5.06. The first-order valence-corrected chi connectivity index (χ1v) is 9.07. The van der Waals surface area contributed by atoms with Gasteiger partial charge in [0.25, 0.3) is 0 Å². The highest BCUT2D eigenvalue weighted by Gasteiger charge is 2.32. The molecule has 21 heavy (non-hydrogen) atoms. The van der Waals surface area contributed by atoms with Crippen molar-refractivity contribution in [3.05, 3.63) is 29.8 Å². The Morgan fingerprint density at radius 3 is 2.29 bits per heavy atom. The number of halogens is 3. The van der Waals surface area contributed by atoms with E-state index in [-0.39, 0.29) is 16.7 Å². The quantitative estimate of drug-likeness (QED) is 0.730. The maximum absolute atomic E-state index is 12.2. The minimum absolute atomic E-state index is 0.0671. The van der Waals surface area contributed by atoms with Crippen molar-refractivity contribution < 1.29 is 13.2 Å². The molecule has 0 bridgehead atoms. The van der Waals surface area contributed by atoms with Gasteiger partial charge in [-0.2, -0.15) is 24.9 Å². The molecule has 0 aliphatic heterocycles. The van der Waals surface area contributed by atoms with Crippen LogP contribution in [0.2, 0.25) is 0 Å². The Kier molecular flexibility index (Phi) is 5.91. The van der Waals surface area contributed by atoms with E-state index in [9.17, 15) is 13.2 Å². The zero-order valence-corrected chi connectivity index (χ0v) is 13.6. The fourth-order valence-corrected chi connectivity index (χ4v) is 4.20. The van der Waals surface area contributed by atoms with E-state index in [0.717, 1.165) is 12.1 Å². The summed E-state index contributed by atoms with van der Waals surface area (Å²) < 4.78 is 37.1. The fourth-order valence-electron chi connectivity index (χ4n) is 2.72. The van der Waals surface area contributed by atoms with Gasteiger partial charge in [0, 0.05) is 22.7 Å². The first kappa shape index (κ1) is 17.0. The molecule has 1 aliphatic carbocycles. The van der Waals surface area contributed by atoms with E-state index in [2.05, 4.69) is 11.6 Å². The maximum Gasteiger partial charge on any atom is 0.446 e. The van der Waals surface area contributed by atoms with Crippen molar-refractivity contribution in [3.8, 4) is 0 Å². The first-order chi connectivity index (χ1) is 9.92. The van der Waals surface area contributed by atoms with Gasteiger partial charge in [-0.15, -0.1) is 0 Å². The van der Waals surface area contributed by atoms with Gasteiger partial charge in [0.15, 0.2) is 0 Å². The van der Waals surface area contributed by atoms with Gasteiger partial charge in [-0.3, -0.25) is 0 Å². The van der Waals surface area contributed by atoms with E-state index in [1.807, 2.05) is 11.8 Å². The van der Waals surface area contributed by atoms with Crippen LogP contribution in [0.1, 0.15) is 31.2 Å². The van der Waals surface area contributed by atoms with Crippen LogP contribution >= 0.6 is 23.5 Å². The number of nitrogens with one attached hydrogen (secondary N) is 1. The van der Waals surface area contributed by atoms with Crippen LogP contribution in [0.25, 0.3) is 0 Å². The van der Waals surface area contributed by atoms with Gasteiger partial charge < -0.3 is 5.32 Å².